The van der Waals surface area contributed by atoms with Crippen molar-refractivity contribution in [3.8, 4) is 11.3 Å². The Morgan fingerprint density at radius 1 is 1.28 bits per heavy atom. The van der Waals surface area contributed by atoms with E-state index >= 15 is 0 Å². The molecule has 1 aliphatic carbocycles. The molecule has 0 atom stereocenters. The van der Waals surface area contributed by atoms with Gasteiger partial charge in [0.05, 0.1) is 18.4 Å². The molecule has 0 bridgehead atoms. The predicted molar refractivity (Wildman–Crippen MR) is 119 cm³/mol. The number of rotatable bonds is 9. The van der Waals surface area contributed by atoms with Crippen LogP contribution in [0.3, 0.4) is 0 Å². The highest BCUT2D eigenvalue weighted by atomic mass is 16.5. The van der Waals surface area contributed by atoms with Crippen molar-refractivity contribution in [2.24, 2.45) is 10.4 Å². The van der Waals surface area contributed by atoms with Gasteiger partial charge in [-0.1, -0.05) is 43.2 Å². The smallest absolute Gasteiger partial charge is 0.194 e. The number of ether oxygens (including phenoxy) is 1. The number of nitrogens with one attached hydrogen (secondary N) is 2. The van der Waals surface area contributed by atoms with Crippen LogP contribution in [0.1, 0.15) is 44.9 Å². The first-order valence-corrected chi connectivity index (χ1v) is 10.7. The van der Waals surface area contributed by atoms with Crippen molar-refractivity contribution < 1.29 is 4.74 Å². The van der Waals surface area contributed by atoms with Crippen molar-refractivity contribution in [2.45, 2.75) is 45.6 Å². The van der Waals surface area contributed by atoms with Gasteiger partial charge in [0.25, 0.3) is 0 Å². The Balaban J connectivity index is 1.66. The van der Waals surface area contributed by atoms with Crippen LogP contribution in [-0.2, 0) is 11.3 Å². The maximum atomic E-state index is 5.36. The van der Waals surface area contributed by atoms with E-state index in [9.17, 15) is 0 Å². The first kappa shape index (κ1) is 21.4. The highest BCUT2D eigenvalue weighted by molar-refractivity contribution is 5.79. The third-order valence-electron chi connectivity index (χ3n) is 5.86. The molecule has 1 fully saturated rings. The van der Waals surface area contributed by atoms with E-state index in [1.54, 1.807) is 7.11 Å². The lowest BCUT2D eigenvalue weighted by atomic mass is 9.83. The van der Waals surface area contributed by atoms with Gasteiger partial charge < -0.3 is 19.9 Å². The summed E-state index contributed by atoms with van der Waals surface area (Å²) in [5.74, 6) is 1.88. The van der Waals surface area contributed by atoms with Crippen molar-refractivity contribution in [1.82, 2.24) is 20.2 Å². The molecule has 6 heteroatoms. The molecule has 158 valence electrons. The number of methoxy groups -OCH3 is 1. The molecule has 3 rings (SSSR count). The lowest BCUT2D eigenvalue weighted by Gasteiger charge is -2.28. The minimum Gasteiger partial charge on any atom is -0.385 e. The number of benzene rings is 1. The molecule has 0 spiro atoms. The highest BCUT2D eigenvalue weighted by Gasteiger charge is 2.33. The summed E-state index contributed by atoms with van der Waals surface area (Å²) in [6.45, 7) is 5.32. The summed E-state index contributed by atoms with van der Waals surface area (Å²) >= 11 is 0. The van der Waals surface area contributed by atoms with Crippen molar-refractivity contribution >= 4 is 5.96 Å². The SMILES string of the molecule is CCNC(=NCC1(CCOC)CCCC1)N(C)Cc1ncc(-c2ccccc2)[nH]1. The highest BCUT2D eigenvalue weighted by Crippen LogP contribution is 2.41. The zero-order valence-corrected chi connectivity index (χ0v) is 18.1. The van der Waals surface area contributed by atoms with E-state index in [0.717, 1.165) is 49.2 Å². The van der Waals surface area contributed by atoms with Crippen molar-refractivity contribution in [3.05, 3.63) is 42.4 Å². The van der Waals surface area contributed by atoms with Gasteiger partial charge in [0.1, 0.15) is 5.82 Å². The third kappa shape index (κ3) is 5.82. The minimum absolute atomic E-state index is 0.294. The molecule has 1 saturated carbocycles. The second-order valence-corrected chi connectivity index (χ2v) is 8.09. The van der Waals surface area contributed by atoms with Gasteiger partial charge in [-0.2, -0.15) is 0 Å². The van der Waals surface area contributed by atoms with Crippen LogP contribution in [0.15, 0.2) is 41.5 Å². The van der Waals surface area contributed by atoms with Crippen LogP contribution in [0.25, 0.3) is 11.3 Å². The van der Waals surface area contributed by atoms with Crippen molar-refractivity contribution in [2.75, 3.05) is 33.9 Å². The molecule has 0 aliphatic heterocycles. The number of aromatic nitrogens is 2. The van der Waals surface area contributed by atoms with Crippen LogP contribution in [-0.4, -0.2) is 54.7 Å². The fraction of sp³-hybridized carbons (Fsp3) is 0.565. The van der Waals surface area contributed by atoms with E-state index in [0.29, 0.717) is 12.0 Å². The molecular formula is C23H35N5O. The Bertz CT molecular complexity index is 765. The summed E-state index contributed by atoms with van der Waals surface area (Å²) < 4.78 is 5.36. The topological polar surface area (TPSA) is 65.5 Å². The zero-order valence-electron chi connectivity index (χ0n) is 18.1. The first-order valence-electron chi connectivity index (χ1n) is 10.7. The predicted octanol–water partition coefficient (Wildman–Crippen LogP) is 4.07. The Morgan fingerprint density at radius 3 is 2.72 bits per heavy atom. The molecular weight excluding hydrogens is 362 g/mol. The summed E-state index contributed by atoms with van der Waals surface area (Å²) in [7, 11) is 3.86. The quantitative estimate of drug-likeness (QED) is 0.494. The summed E-state index contributed by atoms with van der Waals surface area (Å²) in [6.07, 6.45) is 8.11. The lowest BCUT2D eigenvalue weighted by molar-refractivity contribution is 0.141. The van der Waals surface area contributed by atoms with E-state index in [-0.39, 0.29) is 0 Å². The maximum Gasteiger partial charge on any atom is 0.194 e. The second-order valence-electron chi connectivity index (χ2n) is 8.09. The van der Waals surface area contributed by atoms with E-state index in [4.69, 9.17) is 9.73 Å². The van der Waals surface area contributed by atoms with Gasteiger partial charge in [0.2, 0.25) is 0 Å². The van der Waals surface area contributed by atoms with Gasteiger partial charge in [-0.25, -0.2) is 4.98 Å². The fourth-order valence-corrected chi connectivity index (χ4v) is 4.15. The average Bonchev–Trinajstić information content (AvgIpc) is 3.40. The van der Waals surface area contributed by atoms with Crippen LogP contribution < -0.4 is 5.32 Å². The monoisotopic (exact) mass is 397 g/mol. The molecule has 0 radical (unpaired) electrons. The number of nitrogens with zero attached hydrogens (tertiary/aromatic N) is 3. The van der Waals surface area contributed by atoms with E-state index in [2.05, 4.69) is 46.3 Å². The fourth-order valence-electron chi connectivity index (χ4n) is 4.15. The first-order chi connectivity index (χ1) is 14.2. The summed E-state index contributed by atoms with van der Waals surface area (Å²) in [6, 6.07) is 10.3. The van der Waals surface area contributed by atoms with Crippen molar-refractivity contribution in [1.29, 1.82) is 0 Å². The van der Waals surface area contributed by atoms with Gasteiger partial charge in [0.15, 0.2) is 5.96 Å². The van der Waals surface area contributed by atoms with Gasteiger partial charge in [-0.05, 0) is 37.2 Å². The Labute approximate surface area is 174 Å². The standard InChI is InChI=1S/C23H35N5O/c1-4-24-22(26-18-23(14-15-29-3)12-8-9-13-23)28(2)17-21-25-16-20(27-21)19-10-6-5-7-11-19/h5-7,10-11,16H,4,8-9,12-15,17-18H2,1-3H3,(H,24,26)(H,25,27). The Morgan fingerprint density at radius 2 is 2.03 bits per heavy atom. The second kappa shape index (κ2) is 10.4. The minimum atomic E-state index is 0.294. The number of hydrogen-bond acceptors (Lipinski definition) is 3. The molecule has 1 aliphatic rings. The summed E-state index contributed by atoms with van der Waals surface area (Å²) in [4.78, 5) is 15.2. The molecule has 0 unspecified atom stereocenters. The largest absolute Gasteiger partial charge is 0.385 e. The lowest BCUT2D eigenvalue weighted by Crippen LogP contribution is -2.39. The van der Waals surface area contributed by atoms with Gasteiger partial charge in [-0.15, -0.1) is 0 Å². The number of imidazole rings is 1. The van der Waals surface area contributed by atoms with Crippen LogP contribution >= 0.6 is 0 Å². The van der Waals surface area contributed by atoms with Crippen molar-refractivity contribution in [3.63, 3.8) is 0 Å². The van der Waals surface area contributed by atoms with Gasteiger partial charge in [0, 0.05) is 33.9 Å². The summed E-state index contributed by atoms with van der Waals surface area (Å²) in [5, 5.41) is 3.44. The zero-order chi connectivity index (χ0) is 20.5. The van der Waals surface area contributed by atoms with E-state index < -0.39 is 0 Å². The van der Waals surface area contributed by atoms with Crippen LogP contribution in [0.4, 0.5) is 0 Å². The molecule has 29 heavy (non-hydrogen) atoms. The normalized spacial score (nSPS) is 16.2. The number of hydrogen-bond donors (Lipinski definition) is 2. The number of guanidine groups is 1. The molecule has 0 saturated heterocycles. The maximum absolute atomic E-state index is 5.36. The Hall–Kier alpha value is -2.34. The van der Waals surface area contributed by atoms with E-state index in [1.807, 2.05) is 24.4 Å². The van der Waals surface area contributed by atoms with E-state index in [1.165, 1.54) is 25.7 Å². The third-order valence-corrected chi connectivity index (χ3v) is 5.86. The van der Waals surface area contributed by atoms with Crippen LogP contribution in [0.2, 0.25) is 0 Å². The van der Waals surface area contributed by atoms with Gasteiger partial charge in [-0.3, -0.25) is 4.99 Å². The van der Waals surface area contributed by atoms with Crippen LogP contribution in [0, 0.1) is 5.41 Å². The molecule has 2 N–H and O–H groups in total. The van der Waals surface area contributed by atoms with Gasteiger partial charge >= 0.3 is 0 Å². The number of aromatic amines is 1. The van der Waals surface area contributed by atoms with Crippen LogP contribution in [0.5, 0.6) is 0 Å². The number of H-pyrrole nitrogens is 1. The molecule has 0 amide bonds. The molecule has 6 nitrogen and oxygen atoms in total. The molecule has 1 aromatic heterocycles. The molecule has 2 aromatic rings. The number of aliphatic imine (C=N–C) groups is 1. The Kier molecular flexibility index (Phi) is 7.69. The molecule has 1 heterocycles. The average molecular weight is 398 g/mol. The molecule has 1 aromatic carbocycles. The summed E-state index contributed by atoms with van der Waals surface area (Å²) in [5.41, 5.74) is 2.49.